The Balaban J connectivity index is 2.94. The van der Waals surface area contributed by atoms with E-state index in [1.165, 1.54) is 0 Å². The van der Waals surface area contributed by atoms with E-state index >= 15 is 0 Å². The third-order valence-electron chi connectivity index (χ3n) is 2.62. The number of hydrogen-bond acceptors (Lipinski definition) is 5. The summed E-state index contributed by atoms with van der Waals surface area (Å²) >= 11 is 0. The number of pyridine rings is 1. The van der Waals surface area contributed by atoms with Gasteiger partial charge >= 0.3 is 0 Å². The number of aryl methyl sites for hydroxylation is 2. The molecule has 6 nitrogen and oxygen atoms in total. The Bertz CT molecular complexity index is 402. The molecule has 4 N–H and O–H groups in total. The second kappa shape index (κ2) is 5.90. The zero-order chi connectivity index (χ0) is 13.8. The van der Waals surface area contributed by atoms with Crippen molar-refractivity contribution in [2.45, 2.75) is 19.4 Å². The third-order valence-corrected chi connectivity index (χ3v) is 2.62. The van der Waals surface area contributed by atoms with Gasteiger partial charge in [-0.1, -0.05) is 0 Å². The van der Waals surface area contributed by atoms with Crippen molar-refractivity contribution in [3.05, 3.63) is 29.1 Å². The molecule has 6 heteroatoms. The number of amides is 1. The lowest BCUT2D eigenvalue weighted by Crippen LogP contribution is -2.57. The second-order valence-electron chi connectivity index (χ2n) is 4.38. The van der Waals surface area contributed by atoms with Crippen molar-refractivity contribution in [3.8, 4) is 0 Å². The van der Waals surface area contributed by atoms with Gasteiger partial charge in [-0.05, 0) is 31.5 Å². The third kappa shape index (κ3) is 3.25. The number of carbonyl (C=O) groups excluding carboxylic acids is 1. The van der Waals surface area contributed by atoms with Gasteiger partial charge in [0.25, 0.3) is 5.91 Å². The lowest BCUT2D eigenvalue weighted by Gasteiger charge is -2.28. The first-order valence-corrected chi connectivity index (χ1v) is 5.57. The molecule has 1 aromatic rings. The highest BCUT2D eigenvalue weighted by molar-refractivity contribution is 5.93. The molecule has 0 aromatic carbocycles. The number of aliphatic hydroxyl groups is 3. The quantitative estimate of drug-likeness (QED) is 0.548. The Morgan fingerprint density at radius 1 is 1.22 bits per heavy atom. The van der Waals surface area contributed by atoms with Crippen molar-refractivity contribution in [2.75, 3.05) is 19.8 Å². The molecule has 1 amide bonds. The number of rotatable bonds is 5. The molecule has 0 unspecified atom stereocenters. The molecule has 0 atom stereocenters. The smallest absolute Gasteiger partial charge is 0.270 e. The summed E-state index contributed by atoms with van der Waals surface area (Å²) in [4.78, 5) is 16.0. The largest absolute Gasteiger partial charge is 0.394 e. The maximum atomic E-state index is 11.9. The topological polar surface area (TPSA) is 103 Å². The monoisotopic (exact) mass is 254 g/mol. The van der Waals surface area contributed by atoms with E-state index in [1.807, 2.05) is 13.0 Å². The van der Waals surface area contributed by atoms with Gasteiger partial charge < -0.3 is 20.6 Å². The van der Waals surface area contributed by atoms with Gasteiger partial charge in [0.05, 0.1) is 19.8 Å². The van der Waals surface area contributed by atoms with Crippen LogP contribution in [0.15, 0.2) is 12.1 Å². The normalized spacial score (nSPS) is 11.4. The lowest BCUT2D eigenvalue weighted by atomic mass is 10.0. The summed E-state index contributed by atoms with van der Waals surface area (Å²) in [5, 5.41) is 29.8. The van der Waals surface area contributed by atoms with E-state index < -0.39 is 31.3 Å². The second-order valence-corrected chi connectivity index (χ2v) is 4.38. The maximum Gasteiger partial charge on any atom is 0.270 e. The first kappa shape index (κ1) is 14.6. The molecule has 1 aromatic heterocycles. The van der Waals surface area contributed by atoms with Crippen molar-refractivity contribution in [1.82, 2.24) is 10.3 Å². The number of hydrogen-bond donors (Lipinski definition) is 4. The molecule has 0 aliphatic rings. The minimum atomic E-state index is -1.43. The highest BCUT2D eigenvalue weighted by atomic mass is 16.3. The van der Waals surface area contributed by atoms with Crippen LogP contribution in [0.3, 0.4) is 0 Å². The summed E-state index contributed by atoms with van der Waals surface area (Å²) in [6, 6.07) is 3.42. The van der Waals surface area contributed by atoms with Crippen LogP contribution < -0.4 is 5.32 Å². The van der Waals surface area contributed by atoms with Gasteiger partial charge in [-0.3, -0.25) is 4.79 Å². The summed E-state index contributed by atoms with van der Waals surface area (Å²) in [7, 11) is 0. The number of aromatic nitrogens is 1. The molecule has 0 aliphatic carbocycles. The molecule has 1 rings (SSSR count). The van der Waals surface area contributed by atoms with Crippen LogP contribution in [-0.2, 0) is 0 Å². The van der Waals surface area contributed by atoms with Gasteiger partial charge in [0.1, 0.15) is 11.2 Å². The van der Waals surface area contributed by atoms with Crippen LogP contribution in [0, 0.1) is 13.8 Å². The average Bonchev–Trinajstić information content (AvgIpc) is 2.35. The van der Waals surface area contributed by atoms with Crippen LogP contribution >= 0.6 is 0 Å². The van der Waals surface area contributed by atoms with Gasteiger partial charge in [-0.25, -0.2) is 4.98 Å². The van der Waals surface area contributed by atoms with Crippen LogP contribution in [0.5, 0.6) is 0 Å². The highest BCUT2D eigenvalue weighted by Crippen LogP contribution is 2.07. The number of nitrogens with one attached hydrogen (secondary N) is 1. The predicted molar refractivity (Wildman–Crippen MR) is 65.2 cm³/mol. The first-order valence-electron chi connectivity index (χ1n) is 5.57. The predicted octanol–water partition coefficient (Wildman–Crippen LogP) is -0.856. The minimum absolute atomic E-state index is 0.187. The summed E-state index contributed by atoms with van der Waals surface area (Å²) in [6.07, 6.45) is 0. The molecule has 0 spiro atoms. The van der Waals surface area contributed by atoms with Gasteiger partial charge in [0, 0.05) is 5.69 Å². The lowest BCUT2D eigenvalue weighted by molar-refractivity contribution is 0.0373. The Labute approximate surface area is 105 Å². The van der Waals surface area contributed by atoms with Crippen molar-refractivity contribution < 1.29 is 20.1 Å². The Morgan fingerprint density at radius 2 is 1.78 bits per heavy atom. The maximum absolute atomic E-state index is 11.9. The van der Waals surface area contributed by atoms with Gasteiger partial charge in [0.15, 0.2) is 0 Å². The molecular weight excluding hydrogens is 236 g/mol. The molecule has 0 radical (unpaired) electrons. The SMILES string of the molecule is Cc1cc(C)nc(C(=O)NC(CO)(CO)CO)c1. The fraction of sp³-hybridized carbons (Fsp3) is 0.500. The molecule has 0 saturated heterocycles. The summed E-state index contributed by atoms with van der Waals surface area (Å²) in [5.41, 5.74) is 0.335. The van der Waals surface area contributed by atoms with Gasteiger partial charge in [-0.2, -0.15) is 0 Å². The fourth-order valence-corrected chi connectivity index (χ4v) is 1.53. The van der Waals surface area contributed by atoms with E-state index in [0.29, 0.717) is 5.69 Å². The first-order chi connectivity index (χ1) is 8.46. The van der Waals surface area contributed by atoms with E-state index in [-0.39, 0.29) is 5.69 Å². The van der Waals surface area contributed by atoms with Crippen molar-refractivity contribution >= 4 is 5.91 Å². The molecule has 100 valence electrons. The highest BCUT2D eigenvalue weighted by Gasteiger charge is 2.30. The molecule has 0 bridgehead atoms. The van der Waals surface area contributed by atoms with E-state index in [2.05, 4.69) is 10.3 Å². The van der Waals surface area contributed by atoms with Crippen LogP contribution in [0.1, 0.15) is 21.7 Å². The van der Waals surface area contributed by atoms with Gasteiger partial charge in [-0.15, -0.1) is 0 Å². The molecule has 0 fully saturated rings. The number of aliphatic hydroxyl groups excluding tert-OH is 3. The molecular formula is C12H18N2O4. The van der Waals surface area contributed by atoms with E-state index in [0.717, 1.165) is 5.56 Å². The van der Waals surface area contributed by atoms with E-state index in [9.17, 15) is 4.79 Å². The van der Waals surface area contributed by atoms with Crippen LogP contribution in [-0.4, -0.2) is 51.6 Å². The molecule has 0 aliphatic heterocycles. The fourth-order valence-electron chi connectivity index (χ4n) is 1.53. The zero-order valence-corrected chi connectivity index (χ0v) is 10.5. The Morgan fingerprint density at radius 3 is 2.22 bits per heavy atom. The minimum Gasteiger partial charge on any atom is -0.394 e. The zero-order valence-electron chi connectivity index (χ0n) is 10.5. The van der Waals surface area contributed by atoms with Crippen molar-refractivity contribution in [2.24, 2.45) is 0 Å². The van der Waals surface area contributed by atoms with Crippen LogP contribution in [0.4, 0.5) is 0 Å². The van der Waals surface area contributed by atoms with E-state index in [4.69, 9.17) is 15.3 Å². The average molecular weight is 254 g/mol. The van der Waals surface area contributed by atoms with Crippen LogP contribution in [0.2, 0.25) is 0 Å². The van der Waals surface area contributed by atoms with E-state index in [1.54, 1.807) is 13.0 Å². The molecule has 0 saturated carbocycles. The Kier molecular flexibility index (Phi) is 4.77. The number of nitrogens with zero attached hydrogens (tertiary/aromatic N) is 1. The standard InChI is InChI=1S/C12H18N2O4/c1-8-3-9(2)13-10(4-8)11(18)14-12(5-15,6-16)7-17/h3-4,15-17H,5-7H2,1-2H3,(H,14,18). The van der Waals surface area contributed by atoms with Crippen LogP contribution in [0.25, 0.3) is 0 Å². The van der Waals surface area contributed by atoms with Gasteiger partial charge in [0.2, 0.25) is 0 Å². The molecule has 18 heavy (non-hydrogen) atoms. The summed E-state index contributed by atoms with van der Waals surface area (Å²) < 4.78 is 0. The molecule has 1 heterocycles. The summed E-state index contributed by atoms with van der Waals surface area (Å²) in [5.74, 6) is -0.543. The summed E-state index contributed by atoms with van der Waals surface area (Å²) in [6.45, 7) is 1.92. The Hall–Kier alpha value is -1.50. The number of carbonyl (C=O) groups is 1. The van der Waals surface area contributed by atoms with Crippen molar-refractivity contribution in [3.63, 3.8) is 0 Å². The van der Waals surface area contributed by atoms with Crippen molar-refractivity contribution in [1.29, 1.82) is 0 Å².